The van der Waals surface area contributed by atoms with Crippen molar-refractivity contribution in [3.63, 3.8) is 0 Å². The van der Waals surface area contributed by atoms with E-state index in [2.05, 4.69) is 4.98 Å². The van der Waals surface area contributed by atoms with Crippen LogP contribution in [-0.2, 0) is 14.6 Å². The third-order valence-electron chi connectivity index (χ3n) is 5.10. The van der Waals surface area contributed by atoms with Crippen LogP contribution in [0.3, 0.4) is 0 Å². The van der Waals surface area contributed by atoms with E-state index >= 15 is 0 Å². The van der Waals surface area contributed by atoms with Gasteiger partial charge >= 0.3 is 0 Å². The van der Waals surface area contributed by atoms with Crippen molar-refractivity contribution in [1.29, 1.82) is 0 Å². The van der Waals surface area contributed by atoms with Crippen molar-refractivity contribution in [2.75, 3.05) is 6.26 Å². The van der Waals surface area contributed by atoms with E-state index in [1.165, 1.54) is 6.26 Å². The number of para-hydroxylation sites is 1. The van der Waals surface area contributed by atoms with Crippen LogP contribution in [0.4, 0.5) is 0 Å². The van der Waals surface area contributed by atoms with Gasteiger partial charge in [0, 0.05) is 24.3 Å². The van der Waals surface area contributed by atoms with Gasteiger partial charge in [-0.3, -0.25) is 4.98 Å². The van der Waals surface area contributed by atoms with E-state index in [4.69, 9.17) is 11.6 Å². The Morgan fingerprint density at radius 2 is 1.81 bits per heavy atom. The van der Waals surface area contributed by atoms with E-state index in [9.17, 15) is 8.42 Å². The predicted octanol–water partition coefficient (Wildman–Crippen LogP) is 5.17. The normalized spacial score (nSPS) is 19.9. The van der Waals surface area contributed by atoms with Crippen molar-refractivity contribution in [3.8, 4) is 0 Å². The zero-order valence-corrected chi connectivity index (χ0v) is 16.3. The van der Waals surface area contributed by atoms with Gasteiger partial charge in [-0.25, -0.2) is 8.42 Å². The first-order chi connectivity index (χ1) is 12.9. The second-order valence-electron chi connectivity index (χ2n) is 6.75. The number of allylic oxidation sites excluding steroid dienone is 3. The quantitative estimate of drug-likeness (QED) is 0.614. The third kappa shape index (κ3) is 2.99. The Labute approximate surface area is 163 Å². The predicted molar refractivity (Wildman–Crippen MR) is 111 cm³/mol. The number of nitrogens with zero attached hydrogens (tertiary/aromatic N) is 1. The Balaban J connectivity index is 1.97. The molecule has 1 atom stereocenters. The molecular weight excluding hydrogens is 378 g/mol. The molecule has 1 heterocycles. The van der Waals surface area contributed by atoms with E-state index in [1.54, 1.807) is 24.4 Å². The van der Waals surface area contributed by atoms with E-state index in [-0.39, 0.29) is 0 Å². The summed E-state index contributed by atoms with van der Waals surface area (Å²) in [5, 5.41) is 1.27. The van der Waals surface area contributed by atoms with Gasteiger partial charge in [-0.15, -0.1) is 0 Å². The standard InChI is InChI=1S/C22H18ClNO2S/c1-27(25,26)22(13-6-9-17(15-22)16-7-3-2-4-8-16)19-12-14-24-21-18(19)10-5-11-20(21)23/h2-14H,15H2,1H3. The fourth-order valence-corrected chi connectivity index (χ4v) is 5.26. The maximum atomic E-state index is 13.1. The van der Waals surface area contributed by atoms with Gasteiger partial charge in [0.1, 0.15) is 4.75 Å². The lowest BCUT2D eigenvalue weighted by Gasteiger charge is -2.33. The molecule has 0 fully saturated rings. The molecule has 5 heteroatoms. The summed E-state index contributed by atoms with van der Waals surface area (Å²) in [5.41, 5.74) is 3.32. The van der Waals surface area contributed by atoms with E-state index in [0.717, 1.165) is 16.5 Å². The third-order valence-corrected chi connectivity index (χ3v) is 7.23. The van der Waals surface area contributed by atoms with Crippen LogP contribution in [0.15, 0.2) is 79.0 Å². The summed E-state index contributed by atoms with van der Waals surface area (Å²) in [6, 6.07) is 17.1. The summed E-state index contributed by atoms with van der Waals surface area (Å²) < 4.78 is 25.0. The Kier molecular flexibility index (Phi) is 4.41. The highest BCUT2D eigenvalue weighted by molar-refractivity contribution is 7.91. The minimum Gasteiger partial charge on any atom is -0.255 e. The topological polar surface area (TPSA) is 47.0 Å². The molecule has 2 aromatic carbocycles. The van der Waals surface area contributed by atoms with Gasteiger partial charge in [-0.2, -0.15) is 0 Å². The lowest BCUT2D eigenvalue weighted by atomic mass is 9.83. The minimum atomic E-state index is -3.48. The lowest BCUT2D eigenvalue weighted by molar-refractivity contribution is 0.567. The molecule has 3 aromatic rings. The molecule has 0 bridgehead atoms. The Morgan fingerprint density at radius 1 is 1.04 bits per heavy atom. The van der Waals surface area contributed by atoms with Crippen molar-refractivity contribution in [1.82, 2.24) is 4.98 Å². The first kappa shape index (κ1) is 18.0. The zero-order chi connectivity index (χ0) is 19.1. The molecule has 0 amide bonds. The molecule has 3 nitrogen and oxygen atoms in total. The van der Waals surface area contributed by atoms with Gasteiger partial charge in [0.2, 0.25) is 0 Å². The Hall–Kier alpha value is -2.43. The number of benzene rings is 2. The molecule has 1 aliphatic carbocycles. The second kappa shape index (κ2) is 6.63. The fraction of sp³-hybridized carbons (Fsp3) is 0.136. The fourth-order valence-electron chi connectivity index (χ4n) is 3.72. The molecular formula is C22H18ClNO2S. The van der Waals surface area contributed by atoms with Crippen LogP contribution >= 0.6 is 11.6 Å². The molecule has 1 aliphatic rings. The van der Waals surface area contributed by atoms with Gasteiger partial charge in [0.05, 0.1) is 10.5 Å². The first-order valence-electron chi connectivity index (χ1n) is 8.59. The van der Waals surface area contributed by atoms with Crippen molar-refractivity contribution in [2.24, 2.45) is 0 Å². The van der Waals surface area contributed by atoms with Gasteiger partial charge in [0.25, 0.3) is 0 Å². The summed E-state index contributed by atoms with van der Waals surface area (Å²) in [4.78, 5) is 4.36. The number of rotatable bonds is 3. The Morgan fingerprint density at radius 3 is 2.56 bits per heavy atom. The van der Waals surface area contributed by atoms with Crippen LogP contribution in [0.5, 0.6) is 0 Å². The first-order valence-corrected chi connectivity index (χ1v) is 10.9. The number of pyridine rings is 1. The number of fused-ring (bicyclic) bond motifs is 1. The molecule has 1 aromatic heterocycles. The number of sulfone groups is 1. The van der Waals surface area contributed by atoms with Gasteiger partial charge < -0.3 is 0 Å². The number of hydrogen-bond donors (Lipinski definition) is 0. The largest absolute Gasteiger partial charge is 0.255 e. The van der Waals surface area contributed by atoms with Gasteiger partial charge in [-0.1, -0.05) is 72.3 Å². The smallest absolute Gasteiger partial charge is 0.161 e. The molecule has 4 rings (SSSR count). The zero-order valence-electron chi connectivity index (χ0n) is 14.8. The number of halogens is 1. The van der Waals surface area contributed by atoms with Crippen molar-refractivity contribution in [2.45, 2.75) is 11.2 Å². The maximum absolute atomic E-state index is 13.1. The molecule has 27 heavy (non-hydrogen) atoms. The monoisotopic (exact) mass is 395 g/mol. The molecule has 0 spiro atoms. The van der Waals surface area contributed by atoms with E-state index in [1.807, 2.05) is 54.6 Å². The van der Waals surface area contributed by atoms with Gasteiger partial charge in [-0.05, 0) is 28.8 Å². The van der Waals surface area contributed by atoms with Crippen LogP contribution in [0.2, 0.25) is 5.02 Å². The highest BCUT2D eigenvalue weighted by atomic mass is 35.5. The molecule has 0 aliphatic heterocycles. The van der Waals surface area contributed by atoms with Crippen molar-refractivity contribution in [3.05, 3.63) is 95.2 Å². The number of hydrogen-bond acceptors (Lipinski definition) is 3. The summed E-state index contributed by atoms with van der Waals surface area (Å²) in [7, 11) is -3.48. The number of aromatic nitrogens is 1. The SMILES string of the molecule is CS(=O)(=O)C1(c2ccnc3c(Cl)cccc23)C=CC=C(c2ccccc2)C1. The van der Waals surface area contributed by atoms with Crippen LogP contribution < -0.4 is 0 Å². The van der Waals surface area contributed by atoms with Gasteiger partial charge in [0.15, 0.2) is 9.84 Å². The summed E-state index contributed by atoms with van der Waals surface area (Å²) in [5.74, 6) is 0. The summed E-state index contributed by atoms with van der Waals surface area (Å²) >= 11 is 6.31. The highest BCUT2D eigenvalue weighted by Crippen LogP contribution is 2.45. The Bertz CT molecular complexity index is 1180. The molecule has 0 saturated heterocycles. The van der Waals surface area contributed by atoms with Crippen LogP contribution in [-0.4, -0.2) is 19.7 Å². The average Bonchev–Trinajstić information content (AvgIpc) is 2.68. The van der Waals surface area contributed by atoms with Crippen molar-refractivity contribution >= 4 is 37.9 Å². The van der Waals surface area contributed by atoms with E-state index in [0.29, 0.717) is 22.5 Å². The van der Waals surface area contributed by atoms with Crippen LogP contribution in [0.25, 0.3) is 16.5 Å². The summed E-state index contributed by atoms with van der Waals surface area (Å²) in [6.07, 6.45) is 8.88. The maximum Gasteiger partial charge on any atom is 0.161 e. The lowest BCUT2D eigenvalue weighted by Crippen LogP contribution is -2.35. The average molecular weight is 396 g/mol. The minimum absolute atomic E-state index is 0.359. The van der Waals surface area contributed by atoms with E-state index < -0.39 is 14.6 Å². The molecule has 1 unspecified atom stereocenters. The highest BCUT2D eigenvalue weighted by Gasteiger charge is 2.43. The summed E-state index contributed by atoms with van der Waals surface area (Å²) in [6.45, 7) is 0. The second-order valence-corrected chi connectivity index (χ2v) is 9.43. The molecule has 0 radical (unpaired) electrons. The van der Waals surface area contributed by atoms with Crippen molar-refractivity contribution < 1.29 is 8.42 Å². The van der Waals surface area contributed by atoms with Crippen LogP contribution in [0.1, 0.15) is 17.5 Å². The molecule has 136 valence electrons. The molecule has 0 saturated carbocycles. The van der Waals surface area contributed by atoms with Crippen LogP contribution in [0, 0.1) is 0 Å². The molecule has 0 N–H and O–H groups in total.